The van der Waals surface area contributed by atoms with E-state index in [1.165, 1.54) is 83.5 Å². The van der Waals surface area contributed by atoms with Crippen LogP contribution in [0.2, 0.25) is 0 Å². The second kappa shape index (κ2) is 18.5. The molecule has 0 N–H and O–H groups in total. The minimum atomic E-state index is -0.0971. The van der Waals surface area contributed by atoms with Gasteiger partial charge in [-0.2, -0.15) is 0 Å². The SMILES string of the molecule is CCCCCCCCCCCCCCCCOc1cc(OCCCC)c2c(=O)cc(-c3ccccc3)oc2c1. The highest BCUT2D eigenvalue weighted by molar-refractivity contribution is 5.86. The summed E-state index contributed by atoms with van der Waals surface area (Å²) in [6, 6.07) is 15.0. The molecule has 4 nitrogen and oxygen atoms in total. The Morgan fingerprint density at radius 2 is 1.18 bits per heavy atom. The number of rotatable bonds is 21. The van der Waals surface area contributed by atoms with Gasteiger partial charge < -0.3 is 13.9 Å². The molecular weight excluding hydrogens is 484 g/mol. The van der Waals surface area contributed by atoms with Gasteiger partial charge in [-0.15, -0.1) is 0 Å². The van der Waals surface area contributed by atoms with Crippen LogP contribution in [0.5, 0.6) is 11.5 Å². The number of hydrogen-bond acceptors (Lipinski definition) is 4. The topological polar surface area (TPSA) is 48.7 Å². The second-order valence-electron chi connectivity index (χ2n) is 10.8. The normalized spacial score (nSPS) is 11.2. The van der Waals surface area contributed by atoms with Gasteiger partial charge in [-0.3, -0.25) is 4.79 Å². The van der Waals surface area contributed by atoms with Crippen LogP contribution in [-0.4, -0.2) is 13.2 Å². The van der Waals surface area contributed by atoms with Crippen molar-refractivity contribution in [3.63, 3.8) is 0 Å². The molecule has 4 heteroatoms. The van der Waals surface area contributed by atoms with Gasteiger partial charge in [-0.25, -0.2) is 0 Å². The number of hydrogen-bond donors (Lipinski definition) is 0. The van der Waals surface area contributed by atoms with Crippen molar-refractivity contribution in [1.82, 2.24) is 0 Å². The first-order chi connectivity index (χ1) is 19.2. The Balaban J connectivity index is 1.45. The zero-order valence-electron chi connectivity index (χ0n) is 24.5. The quantitative estimate of drug-likeness (QED) is 0.128. The van der Waals surface area contributed by atoms with Crippen LogP contribution in [0, 0.1) is 0 Å². The van der Waals surface area contributed by atoms with Crippen molar-refractivity contribution in [2.24, 2.45) is 0 Å². The maximum Gasteiger partial charge on any atom is 0.197 e. The smallest absolute Gasteiger partial charge is 0.197 e. The van der Waals surface area contributed by atoms with Gasteiger partial charge >= 0.3 is 0 Å². The standard InChI is InChI=1S/C35H50O4/c1-3-5-7-8-9-10-11-12-13-14-15-16-17-21-25-37-30-26-33(38-24-6-4-2)35-31(36)28-32(39-34(35)27-30)29-22-19-18-20-23-29/h18-20,22-23,26-28H,3-17,21,24-25H2,1-2H3. The summed E-state index contributed by atoms with van der Waals surface area (Å²) in [5, 5.41) is 0.481. The fourth-order valence-electron chi connectivity index (χ4n) is 4.98. The highest BCUT2D eigenvalue weighted by Gasteiger charge is 2.14. The lowest BCUT2D eigenvalue weighted by Crippen LogP contribution is -2.06. The first-order valence-electron chi connectivity index (χ1n) is 15.7. The zero-order chi connectivity index (χ0) is 27.5. The molecule has 3 aromatic rings. The Kier molecular flexibility index (Phi) is 14.6. The lowest BCUT2D eigenvalue weighted by molar-refractivity contribution is 0.293. The average Bonchev–Trinajstić information content (AvgIpc) is 2.95. The van der Waals surface area contributed by atoms with E-state index in [9.17, 15) is 4.79 Å². The maximum absolute atomic E-state index is 13.1. The van der Waals surface area contributed by atoms with Crippen LogP contribution in [-0.2, 0) is 0 Å². The fourth-order valence-corrected chi connectivity index (χ4v) is 4.98. The molecule has 0 atom stereocenters. The number of unbranched alkanes of at least 4 members (excludes halogenated alkanes) is 14. The monoisotopic (exact) mass is 534 g/mol. The van der Waals surface area contributed by atoms with Crippen molar-refractivity contribution in [2.45, 2.75) is 117 Å². The van der Waals surface area contributed by atoms with Crippen LogP contribution in [0.3, 0.4) is 0 Å². The predicted octanol–water partition coefficient (Wildman–Crippen LogP) is 10.5. The van der Waals surface area contributed by atoms with E-state index in [2.05, 4.69) is 13.8 Å². The van der Waals surface area contributed by atoms with Gasteiger partial charge in [0.05, 0.1) is 13.2 Å². The van der Waals surface area contributed by atoms with E-state index in [1.807, 2.05) is 42.5 Å². The Morgan fingerprint density at radius 1 is 0.615 bits per heavy atom. The van der Waals surface area contributed by atoms with Crippen molar-refractivity contribution in [2.75, 3.05) is 13.2 Å². The van der Waals surface area contributed by atoms with Gasteiger partial charge in [0.1, 0.15) is 28.2 Å². The third-order valence-electron chi connectivity index (χ3n) is 7.35. The largest absolute Gasteiger partial charge is 0.493 e. The third kappa shape index (κ3) is 11.1. The first-order valence-corrected chi connectivity index (χ1v) is 15.7. The second-order valence-corrected chi connectivity index (χ2v) is 10.8. The molecule has 1 heterocycles. The Labute approximate surface area is 236 Å². The van der Waals surface area contributed by atoms with Crippen LogP contribution in [0.1, 0.15) is 117 Å². The van der Waals surface area contributed by atoms with Gasteiger partial charge in [-0.1, -0.05) is 134 Å². The van der Waals surface area contributed by atoms with E-state index >= 15 is 0 Å². The van der Waals surface area contributed by atoms with E-state index in [1.54, 1.807) is 6.07 Å². The first kappa shape index (κ1) is 30.8. The summed E-state index contributed by atoms with van der Waals surface area (Å²) in [6.07, 6.45) is 20.7. The summed E-state index contributed by atoms with van der Waals surface area (Å²) in [7, 11) is 0. The molecule has 0 aliphatic rings. The van der Waals surface area contributed by atoms with Crippen LogP contribution in [0.4, 0.5) is 0 Å². The zero-order valence-corrected chi connectivity index (χ0v) is 24.5. The minimum absolute atomic E-state index is 0.0971. The molecule has 0 spiro atoms. The van der Waals surface area contributed by atoms with E-state index in [-0.39, 0.29) is 5.43 Å². The van der Waals surface area contributed by atoms with Crippen molar-refractivity contribution >= 4 is 11.0 Å². The summed E-state index contributed by atoms with van der Waals surface area (Å²) in [5.41, 5.74) is 1.28. The Hall–Kier alpha value is -2.75. The van der Waals surface area contributed by atoms with E-state index in [4.69, 9.17) is 13.9 Å². The summed E-state index contributed by atoms with van der Waals surface area (Å²) in [6.45, 7) is 5.62. The lowest BCUT2D eigenvalue weighted by Gasteiger charge is -2.13. The molecule has 3 rings (SSSR count). The van der Waals surface area contributed by atoms with Gasteiger partial charge in [0.15, 0.2) is 5.43 Å². The Bertz CT molecular complexity index is 1120. The molecule has 0 aliphatic carbocycles. The van der Waals surface area contributed by atoms with Gasteiger partial charge in [0.25, 0.3) is 0 Å². The maximum atomic E-state index is 13.1. The molecule has 0 saturated heterocycles. The van der Waals surface area contributed by atoms with Crippen LogP contribution >= 0.6 is 0 Å². The van der Waals surface area contributed by atoms with Crippen molar-refractivity contribution in [3.05, 3.63) is 58.8 Å². The summed E-state index contributed by atoms with van der Waals surface area (Å²) in [5.74, 6) is 1.79. The average molecular weight is 535 g/mol. The molecule has 0 amide bonds. The highest BCUT2D eigenvalue weighted by Crippen LogP contribution is 2.32. The highest BCUT2D eigenvalue weighted by atomic mass is 16.5. The number of benzene rings is 2. The molecule has 0 unspecified atom stereocenters. The molecule has 0 bridgehead atoms. The molecule has 0 fully saturated rings. The molecule has 0 saturated carbocycles. The van der Waals surface area contributed by atoms with E-state index in [0.717, 1.165) is 24.8 Å². The Morgan fingerprint density at radius 3 is 1.79 bits per heavy atom. The number of ether oxygens (including phenoxy) is 2. The van der Waals surface area contributed by atoms with Crippen LogP contribution in [0.25, 0.3) is 22.3 Å². The fraction of sp³-hybridized carbons (Fsp3) is 0.571. The van der Waals surface area contributed by atoms with Crippen LogP contribution < -0.4 is 14.9 Å². The molecule has 39 heavy (non-hydrogen) atoms. The number of fused-ring (bicyclic) bond motifs is 1. The molecule has 0 aliphatic heterocycles. The minimum Gasteiger partial charge on any atom is -0.493 e. The molecular formula is C35H50O4. The molecule has 214 valence electrons. The van der Waals surface area contributed by atoms with E-state index < -0.39 is 0 Å². The van der Waals surface area contributed by atoms with Crippen molar-refractivity contribution in [1.29, 1.82) is 0 Å². The summed E-state index contributed by atoms with van der Waals surface area (Å²) < 4.78 is 18.3. The third-order valence-corrected chi connectivity index (χ3v) is 7.35. The van der Waals surface area contributed by atoms with Gasteiger partial charge in [0, 0.05) is 23.8 Å². The predicted molar refractivity (Wildman–Crippen MR) is 164 cm³/mol. The van der Waals surface area contributed by atoms with Gasteiger partial charge in [0.2, 0.25) is 0 Å². The molecule has 0 radical (unpaired) electrons. The van der Waals surface area contributed by atoms with Crippen molar-refractivity contribution in [3.8, 4) is 22.8 Å². The van der Waals surface area contributed by atoms with Crippen LogP contribution in [0.15, 0.2) is 57.7 Å². The summed E-state index contributed by atoms with van der Waals surface area (Å²) in [4.78, 5) is 13.1. The van der Waals surface area contributed by atoms with Crippen molar-refractivity contribution < 1.29 is 13.9 Å². The van der Waals surface area contributed by atoms with Gasteiger partial charge in [-0.05, 0) is 12.8 Å². The summed E-state index contributed by atoms with van der Waals surface area (Å²) >= 11 is 0. The molecule has 1 aromatic heterocycles. The lowest BCUT2D eigenvalue weighted by atomic mass is 10.0. The molecule has 2 aromatic carbocycles. The van der Waals surface area contributed by atoms with E-state index in [0.29, 0.717) is 41.4 Å².